The van der Waals surface area contributed by atoms with Crippen molar-refractivity contribution in [1.82, 2.24) is 0 Å². The van der Waals surface area contributed by atoms with E-state index in [0.717, 1.165) is 32.7 Å². The standard InChI is InChI=1S/C15H14BrNOS/c1-9-7-13(8-10(2)14(9)16)18-12-5-3-11(4-6-12)15(17)19/h3-8H,1-2H3,(H2,17,19). The van der Waals surface area contributed by atoms with Crippen LogP contribution in [0.3, 0.4) is 0 Å². The molecule has 0 bridgehead atoms. The summed E-state index contributed by atoms with van der Waals surface area (Å²) in [5.74, 6) is 1.59. The fraction of sp³-hybridized carbons (Fsp3) is 0.133. The van der Waals surface area contributed by atoms with E-state index in [1.165, 1.54) is 0 Å². The molecule has 4 heteroatoms. The van der Waals surface area contributed by atoms with Crippen LogP contribution in [0.1, 0.15) is 16.7 Å². The molecule has 0 atom stereocenters. The molecule has 0 aromatic heterocycles. The van der Waals surface area contributed by atoms with E-state index in [1.807, 2.05) is 50.2 Å². The highest BCUT2D eigenvalue weighted by atomic mass is 79.9. The summed E-state index contributed by atoms with van der Waals surface area (Å²) in [5, 5.41) is 0. The molecule has 2 rings (SSSR count). The van der Waals surface area contributed by atoms with Gasteiger partial charge in [-0.15, -0.1) is 0 Å². The molecule has 0 spiro atoms. The van der Waals surface area contributed by atoms with Crippen molar-refractivity contribution >= 4 is 33.1 Å². The number of thiocarbonyl (C=S) groups is 1. The number of ether oxygens (including phenoxy) is 1. The van der Waals surface area contributed by atoms with Gasteiger partial charge in [0.25, 0.3) is 0 Å². The van der Waals surface area contributed by atoms with Gasteiger partial charge in [-0.2, -0.15) is 0 Å². The molecule has 0 amide bonds. The van der Waals surface area contributed by atoms with E-state index in [4.69, 9.17) is 22.7 Å². The van der Waals surface area contributed by atoms with Crippen LogP contribution in [-0.4, -0.2) is 4.99 Å². The monoisotopic (exact) mass is 335 g/mol. The van der Waals surface area contributed by atoms with Crippen molar-refractivity contribution in [1.29, 1.82) is 0 Å². The maximum Gasteiger partial charge on any atom is 0.128 e. The Bertz CT molecular complexity index is 600. The lowest BCUT2D eigenvalue weighted by Crippen LogP contribution is -2.08. The van der Waals surface area contributed by atoms with Gasteiger partial charge in [-0.1, -0.05) is 28.1 Å². The summed E-state index contributed by atoms with van der Waals surface area (Å²) < 4.78 is 6.94. The van der Waals surface area contributed by atoms with E-state index in [1.54, 1.807) is 0 Å². The Kier molecular flexibility index (Phi) is 4.22. The first-order valence-corrected chi connectivity index (χ1v) is 7.02. The summed E-state index contributed by atoms with van der Waals surface area (Å²) in [5.41, 5.74) is 8.69. The van der Waals surface area contributed by atoms with Gasteiger partial charge < -0.3 is 10.5 Å². The average Bonchev–Trinajstić information content (AvgIpc) is 2.36. The van der Waals surface area contributed by atoms with Crippen LogP contribution in [0.15, 0.2) is 40.9 Å². The lowest BCUT2D eigenvalue weighted by atomic mass is 10.1. The Labute approximate surface area is 126 Å². The first kappa shape index (κ1) is 14.0. The van der Waals surface area contributed by atoms with Crippen LogP contribution in [0, 0.1) is 13.8 Å². The van der Waals surface area contributed by atoms with E-state index in [0.29, 0.717) is 4.99 Å². The van der Waals surface area contributed by atoms with Gasteiger partial charge in [0.1, 0.15) is 16.5 Å². The van der Waals surface area contributed by atoms with Crippen molar-refractivity contribution < 1.29 is 4.74 Å². The lowest BCUT2D eigenvalue weighted by molar-refractivity contribution is 0.481. The minimum atomic E-state index is 0.391. The predicted octanol–water partition coefficient (Wildman–Crippen LogP) is 4.49. The van der Waals surface area contributed by atoms with E-state index < -0.39 is 0 Å². The molecule has 0 saturated carbocycles. The van der Waals surface area contributed by atoms with Crippen LogP contribution >= 0.6 is 28.1 Å². The summed E-state index contributed by atoms with van der Waals surface area (Å²) in [6.45, 7) is 4.08. The Morgan fingerprint density at radius 2 is 1.58 bits per heavy atom. The molecule has 98 valence electrons. The highest BCUT2D eigenvalue weighted by molar-refractivity contribution is 9.10. The van der Waals surface area contributed by atoms with Gasteiger partial charge in [0.2, 0.25) is 0 Å². The number of benzene rings is 2. The molecule has 0 unspecified atom stereocenters. The fourth-order valence-electron chi connectivity index (χ4n) is 1.79. The van der Waals surface area contributed by atoms with E-state index in [9.17, 15) is 0 Å². The summed E-state index contributed by atoms with van der Waals surface area (Å²) in [6, 6.07) is 11.4. The third-order valence-electron chi connectivity index (χ3n) is 2.78. The minimum Gasteiger partial charge on any atom is -0.457 e. The zero-order valence-corrected chi connectivity index (χ0v) is 13.1. The molecular formula is C15H14BrNOS. The van der Waals surface area contributed by atoms with E-state index >= 15 is 0 Å². The number of rotatable bonds is 3. The van der Waals surface area contributed by atoms with Gasteiger partial charge in [-0.3, -0.25) is 0 Å². The minimum absolute atomic E-state index is 0.391. The van der Waals surface area contributed by atoms with Gasteiger partial charge in [-0.05, 0) is 61.4 Å². The highest BCUT2D eigenvalue weighted by Crippen LogP contribution is 2.29. The summed E-state index contributed by atoms with van der Waals surface area (Å²) in [4.78, 5) is 0.391. The number of hydrogen-bond acceptors (Lipinski definition) is 2. The first-order chi connectivity index (χ1) is 8.97. The van der Waals surface area contributed by atoms with Gasteiger partial charge in [0.15, 0.2) is 0 Å². The zero-order chi connectivity index (χ0) is 14.0. The Morgan fingerprint density at radius 1 is 1.05 bits per heavy atom. The molecule has 2 nitrogen and oxygen atoms in total. The predicted molar refractivity (Wildman–Crippen MR) is 86.0 cm³/mol. The van der Waals surface area contributed by atoms with Crippen molar-refractivity contribution in [2.24, 2.45) is 5.73 Å². The van der Waals surface area contributed by atoms with Crippen LogP contribution in [0.2, 0.25) is 0 Å². The van der Waals surface area contributed by atoms with Crippen molar-refractivity contribution in [3.63, 3.8) is 0 Å². The average molecular weight is 336 g/mol. The van der Waals surface area contributed by atoms with Crippen molar-refractivity contribution in [2.75, 3.05) is 0 Å². The largest absolute Gasteiger partial charge is 0.457 e. The number of halogens is 1. The second-order valence-electron chi connectivity index (χ2n) is 4.36. The summed E-state index contributed by atoms with van der Waals surface area (Å²) in [6.07, 6.45) is 0. The lowest BCUT2D eigenvalue weighted by Gasteiger charge is -2.10. The molecule has 0 aliphatic rings. The van der Waals surface area contributed by atoms with Crippen LogP contribution < -0.4 is 10.5 Å². The van der Waals surface area contributed by atoms with Crippen LogP contribution in [-0.2, 0) is 0 Å². The normalized spacial score (nSPS) is 10.3. The first-order valence-electron chi connectivity index (χ1n) is 5.82. The van der Waals surface area contributed by atoms with Crippen LogP contribution in [0.25, 0.3) is 0 Å². The molecule has 2 aromatic rings. The quantitative estimate of drug-likeness (QED) is 0.839. The number of aryl methyl sites for hydroxylation is 2. The molecule has 0 aliphatic carbocycles. The smallest absolute Gasteiger partial charge is 0.128 e. The van der Waals surface area contributed by atoms with Gasteiger partial charge in [-0.25, -0.2) is 0 Å². The van der Waals surface area contributed by atoms with E-state index in [-0.39, 0.29) is 0 Å². The van der Waals surface area contributed by atoms with Gasteiger partial charge in [0, 0.05) is 10.0 Å². The molecule has 0 aliphatic heterocycles. The van der Waals surface area contributed by atoms with Crippen molar-refractivity contribution in [3.8, 4) is 11.5 Å². The fourth-order valence-corrected chi connectivity index (χ4v) is 2.15. The summed E-state index contributed by atoms with van der Waals surface area (Å²) >= 11 is 8.46. The van der Waals surface area contributed by atoms with Gasteiger partial charge >= 0.3 is 0 Å². The Morgan fingerprint density at radius 3 is 2.05 bits per heavy atom. The zero-order valence-electron chi connectivity index (χ0n) is 10.7. The van der Waals surface area contributed by atoms with Crippen LogP contribution in [0.5, 0.6) is 11.5 Å². The molecular weight excluding hydrogens is 322 g/mol. The number of hydrogen-bond donors (Lipinski definition) is 1. The molecule has 0 saturated heterocycles. The van der Waals surface area contributed by atoms with Crippen LogP contribution in [0.4, 0.5) is 0 Å². The second-order valence-corrected chi connectivity index (χ2v) is 5.59. The maximum atomic E-state index is 5.82. The third-order valence-corrected chi connectivity index (χ3v) is 4.27. The molecule has 0 heterocycles. The molecule has 2 aromatic carbocycles. The Hall–Kier alpha value is -1.39. The second kappa shape index (κ2) is 5.72. The van der Waals surface area contributed by atoms with Gasteiger partial charge in [0.05, 0.1) is 0 Å². The number of nitrogens with two attached hydrogens (primary N) is 1. The molecule has 2 N–H and O–H groups in total. The van der Waals surface area contributed by atoms with E-state index in [2.05, 4.69) is 15.9 Å². The molecule has 0 fully saturated rings. The van der Waals surface area contributed by atoms with Crippen molar-refractivity contribution in [2.45, 2.75) is 13.8 Å². The maximum absolute atomic E-state index is 5.82. The molecule has 0 radical (unpaired) electrons. The topological polar surface area (TPSA) is 35.2 Å². The Balaban J connectivity index is 2.24. The SMILES string of the molecule is Cc1cc(Oc2ccc(C(N)=S)cc2)cc(C)c1Br. The molecule has 19 heavy (non-hydrogen) atoms. The highest BCUT2D eigenvalue weighted by Gasteiger charge is 2.04. The van der Waals surface area contributed by atoms with Crippen molar-refractivity contribution in [3.05, 3.63) is 57.6 Å². The third kappa shape index (κ3) is 3.33. The summed E-state index contributed by atoms with van der Waals surface area (Å²) in [7, 11) is 0.